The van der Waals surface area contributed by atoms with E-state index in [1.54, 1.807) is 22.7 Å². The van der Waals surface area contributed by atoms with Crippen molar-refractivity contribution >= 4 is 46.2 Å². The van der Waals surface area contributed by atoms with E-state index >= 15 is 0 Å². The van der Waals surface area contributed by atoms with E-state index in [2.05, 4.69) is 58.2 Å². The standard InChI is InChI=1S/C19H13NS3/c1-3-16(21-11-1)18-13-15(6-5-14-7-9-20-10-8-14)19(23-18)17-4-2-12-22-17/h1-13H/b6-5+. The Morgan fingerprint density at radius 1 is 0.783 bits per heavy atom. The Balaban J connectivity index is 1.76. The summed E-state index contributed by atoms with van der Waals surface area (Å²) in [6.07, 6.45) is 8.01. The molecule has 0 bridgehead atoms. The molecule has 0 aliphatic rings. The molecule has 112 valence electrons. The maximum absolute atomic E-state index is 4.07. The predicted molar refractivity (Wildman–Crippen MR) is 104 cm³/mol. The van der Waals surface area contributed by atoms with Crippen LogP contribution >= 0.6 is 34.0 Å². The zero-order chi connectivity index (χ0) is 15.5. The molecule has 0 amide bonds. The number of pyridine rings is 1. The van der Waals surface area contributed by atoms with Crippen LogP contribution in [0.1, 0.15) is 11.1 Å². The highest BCUT2D eigenvalue weighted by Gasteiger charge is 2.12. The zero-order valence-corrected chi connectivity index (χ0v) is 14.6. The third-order valence-corrected chi connectivity index (χ3v) is 6.70. The fraction of sp³-hybridized carbons (Fsp3) is 0. The zero-order valence-electron chi connectivity index (χ0n) is 12.2. The van der Waals surface area contributed by atoms with E-state index in [1.165, 1.54) is 30.6 Å². The van der Waals surface area contributed by atoms with Crippen LogP contribution in [0.3, 0.4) is 0 Å². The second-order valence-corrected chi connectivity index (χ2v) is 7.91. The Labute approximate surface area is 147 Å². The number of thiophene rings is 3. The summed E-state index contributed by atoms with van der Waals surface area (Å²) in [5, 5.41) is 4.27. The Hall–Kier alpha value is -2.01. The summed E-state index contributed by atoms with van der Waals surface area (Å²) in [5.74, 6) is 0. The van der Waals surface area contributed by atoms with E-state index in [4.69, 9.17) is 0 Å². The van der Waals surface area contributed by atoms with Crippen molar-refractivity contribution in [3.05, 3.63) is 76.7 Å². The van der Waals surface area contributed by atoms with Crippen molar-refractivity contribution in [2.24, 2.45) is 0 Å². The van der Waals surface area contributed by atoms with E-state index in [9.17, 15) is 0 Å². The first kappa shape index (κ1) is 14.6. The molecule has 23 heavy (non-hydrogen) atoms. The van der Waals surface area contributed by atoms with Gasteiger partial charge in [0.05, 0.1) is 4.88 Å². The molecule has 0 saturated carbocycles. The lowest BCUT2D eigenvalue weighted by atomic mass is 10.1. The van der Waals surface area contributed by atoms with Gasteiger partial charge in [0.2, 0.25) is 0 Å². The van der Waals surface area contributed by atoms with Crippen LogP contribution < -0.4 is 0 Å². The summed E-state index contributed by atoms with van der Waals surface area (Å²) < 4.78 is 0. The molecule has 0 aliphatic heterocycles. The van der Waals surface area contributed by atoms with Crippen LogP contribution in [0.25, 0.3) is 31.7 Å². The molecular formula is C19H13NS3. The minimum absolute atomic E-state index is 1.17. The third-order valence-electron chi connectivity index (χ3n) is 3.43. The first-order valence-electron chi connectivity index (χ1n) is 7.20. The van der Waals surface area contributed by atoms with E-state index in [0.717, 1.165) is 0 Å². The van der Waals surface area contributed by atoms with E-state index in [-0.39, 0.29) is 0 Å². The largest absolute Gasteiger partial charge is 0.265 e. The number of hydrogen-bond donors (Lipinski definition) is 0. The van der Waals surface area contributed by atoms with Crippen LogP contribution in [0.15, 0.2) is 65.6 Å². The molecule has 0 N–H and O–H groups in total. The lowest BCUT2D eigenvalue weighted by Gasteiger charge is -1.95. The molecule has 0 aliphatic carbocycles. The summed E-state index contributed by atoms with van der Waals surface area (Å²) in [4.78, 5) is 9.40. The summed E-state index contributed by atoms with van der Waals surface area (Å²) >= 11 is 5.45. The van der Waals surface area contributed by atoms with Crippen molar-refractivity contribution in [3.63, 3.8) is 0 Å². The summed E-state index contributed by atoms with van der Waals surface area (Å²) in [7, 11) is 0. The van der Waals surface area contributed by atoms with Gasteiger partial charge in [-0.1, -0.05) is 24.3 Å². The van der Waals surface area contributed by atoms with Crippen molar-refractivity contribution in [1.82, 2.24) is 4.98 Å². The molecule has 0 radical (unpaired) electrons. The maximum atomic E-state index is 4.07. The molecule has 4 aromatic rings. The van der Waals surface area contributed by atoms with E-state index in [1.807, 2.05) is 35.9 Å². The minimum atomic E-state index is 1.17. The van der Waals surface area contributed by atoms with Crippen LogP contribution in [0.2, 0.25) is 0 Å². The highest BCUT2D eigenvalue weighted by atomic mass is 32.1. The monoisotopic (exact) mass is 351 g/mol. The molecule has 0 saturated heterocycles. The van der Waals surface area contributed by atoms with Gasteiger partial charge in [-0.15, -0.1) is 34.0 Å². The maximum Gasteiger partial charge on any atom is 0.0521 e. The molecule has 0 atom stereocenters. The van der Waals surface area contributed by atoms with Crippen LogP contribution in [-0.2, 0) is 0 Å². The Morgan fingerprint density at radius 3 is 2.22 bits per heavy atom. The van der Waals surface area contributed by atoms with Crippen molar-refractivity contribution in [2.45, 2.75) is 0 Å². The van der Waals surface area contributed by atoms with Crippen LogP contribution in [0.5, 0.6) is 0 Å². The van der Waals surface area contributed by atoms with Gasteiger partial charge in [-0.25, -0.2) is 0 Å². The third kappa shape index (κ3) is 3.20. The van der Waals surface area contributed by atoms with Crippen molar-refractivity contribution in [2.75, 3.05) is 0 Å². The van der Waals surface area contributed by atoms with Gasteiger partial charge in [0, 0.05) is 27.0 Å². The molecule has 4 heteroatoms. The average molecular weight is 352 g/mol. The molecule has 0 unspecified atom stereocenters. The summed E-state index contributed by atoms with van der Waals surface area (Å²) in [5.41, 5.74) is 2.44. The van der Waals surface area contributed by atoms with Crippen molar-refractivity contribution < 1.29 is 0 Å². The van der Waals surface area contributed by atoms with Crippen LogP contribution in [0, 0.1) is 0 Å². The highest BCUT2D eigenvalue weighted by Crippen LogP contribution is 2.42. The highest BCUT2D eigenvalue weighted by molar-refractivity contribution is 7.26. The molecule has 4 aromatic heterocycles. The van der Waals surface area contributed by atoms with Crippen molar-refractivity contribution in [3.8, 4) is 19.5 Å². The minimum Gasteiger partial charge on any atom is -0.265 e. The van der Waals surface area contributed by atoms with Gasteiger partial charge in [-0.3, -0.25) is 4.98 Å². The second-order valence-electron chi connectivity index (χ2n) is 4.96. The Morgan fingerprint density at radius 2 is 1.52 bits per heavy atom. The van der Waals surface area contributed by atoms with Gasteiger partial charge in [0.15, 0.2) is 0 Å². The van der Waals surface area contributed by atoms with Gasteiger partial charge in [-0.2, -0.15) is 0 Å². The average Bonchev–Trinajstić information content (AvgIpc) is 3.33. The SMILES string of the molecule is C(=C\c1cc(-c2cccs2)sc1-c1cccs1)/c1ccncc1. The van der Waals surface area contributed by atoms with Gasteiger partial charge in [0.1, 0.15) is 0 Å². The Bertz CT molecular complexity index is 901. The quantitative estimate of drug-likeness (QED) is 0.395. The van der Waals surface area contributed by atoms with Gasteiger partial charge in [0.25, 0.3) is 0 Å². The number of aromatic nitrogens is 1. The molecular weight excluding hydrogens is 338 g/mol. The summed E-state index contributed by atoms with van der Waals surface area (Å²) in [6, 6.07) is 14.9. The molecule has 0 aromatic carbocycles. The van der Waals surface area contributed by atoms with Crippen molar-refractivity contribution in [1.29, 1.82) is 0 Å². The molecule has 0 spiro atoms. The molecule has 4 heterocycles. The predicted octanol–water partition coefficient (Wildman–Crippen LogP) is 6.77. The first-order chi connectivity index (χ1) is 11.4. The molecule has 1 nitrogen and oxygen atoms in total. The van der Waals surface area contributed by atoms with Gasteiger partial charge < -0.3 is 0 Å². The first-order valence-corrected chi connectivity index (χ1v) is 9.77. The molecule has 4 rings (SSSR count). The normalized spacial score (nSPS) is 11.3. The topological polar surface area (TPSA) is 12.9 Å². The lowest BCUT2D eigenvalue weighted by Crippen LogP contribution is -1.74. The summed E-state index contributed by atoms with van der Waals surface area (Å²) in [6.45, 7) is 0. The Kier molecular flexibility index (Phi) is 4.20. The van der Waals surface area contributed by atoms with E-state index < -0.39 is 0 Å². The van der Waals surface area contributed by atoms with Gasteiger partial charge >= 0.3 is 0 Å². The fourth-order valence-corrected chi connectivity index (χ4v) is 5.18. The number of nitrogens with zero attached hydrogens (tertiary/aromatic N) is 1. The number of rotatable bonds is 4. The van der Waals surface area contributed by atoms with Crippen LogP contribution in [0.4, 0.5) is 0 Å². The van der Waals surface area contributed by atoms with Gasteiger partial charge in [-0.05, 0) is 52.2 Å². The number of hydrogen-bond acceptors (Lipinski definition) is 4. The fourth-order valence-electron chi connectivity index (χ4n) is 2.33. The smallest absolute Gasteiger partial charge is 0.0521 e. The van der Waals surface area contributed by atoms with Crippen LogP contribution in [-0.4, -0.2) is 4.98 Å². The van der Waals surface area contributed by atoms with E-state index in [0.29, 0.717) is 0 Å². The lowest BCUT2D eigenvalue weighted by molar-refractivity contribution is 1.32. The molecule has 0 fully saturated rings. The second kappa shape index (κ2) is 6.62.